The number of aromatic nitrogens is 4. The summed E-state index contributed by atoms with van der Waals surface area (Å²) in [6, 6.07) is 5.79. The molecule has 132 valence electrons. The molecule has 3 aromatic rings. The van der Waals surface area contributed by atoms with Gasteiger partial charge < -0.3 is 15.4 Å². The van der Waals surface area contributed by atoms with Crippen LogP contribution in [0.5, 0.6) is 5.88 Å². The van der Waals surface area contributed by atoms with Crippen LogP contribution >= 0.6 is 0 Å². The van der Waals surface area contributed by atoms with Gasteiger partial charge >= 0.3 is 0 Å². The Labute approximate surface area is 147 Å². The Bertz CT molecular complexity index is 1100. The number of fused-ring (bicyclic) bond motifs is 2. The lowest BCUT2D eigenvalue weighted by Gasteiger charge is -2.20. The van der Waals surface area contributed by atoms with E-state index in [4.69, 9.17) is 10.5 Å². The number of nitrogens with zero attached hydrogens (tertiary/aromatic N) is 4. The molecule has 1 aliphatic heterocycles. The highest BCUT2D eigenvalue weighted by Gasteiger charge is 2.30. The van der Waals surface area contributed by atoms with Crippen LogP contribution in [0.1, 0.15) is 29.2 Å². The lowest BCUT2D eigenvalue weighted by molar-refractivity contribution is 0.0990. The maximum absolute atomic E-state index is 13.0. The zero-order valence-corrected chi connectivity index (χ0v) is 13.8. The molecule has 1 saturated carbocycles. The van der Waals surface area contributed by atoms with Crippen LogP contribution in [0, 0.1) is 0 Å². The Morgan fingerprint density at radius 3 is 2.88 bits per heavy atom. The van der Waals surface area contributed by atoms with E-state index in [9.17, 15) is 9.59 Å². The van der Waals surface area contributed by atoms with Gasteiger partial charge in [0.15, 0.2) is 0 Å². The highest BCUT2D eigenvalue weighted by molar-refractivity contribution is 6.11. The van der Waals surface area contributed by atoms with E-state index in [1.165, 1.54) is 6.33 Å². The number of nitrogens with one attached hydrogen (secondary N) is 1. The predicted octanol–water partition coefficient (Wildman–Crippen LogP) is 1.08. The highest BCUT2D eigenvalue weighted by atomic mass is 16.5. The summed E-state index contributed by atoms with van der Waals surface area (Å²) in [5, 5.41) is 3.45. The van der Waals surface area contributed by atoms with Gasteiger partial charge in [-0.2, -0.15) is 0 Å². The number of nitrogen functional groups attached to an aromatic ring is 1. The SMILES string of the molecule is Nc1ncnc2c1C(=O)N(c1ccc3c(c1)c(=O)[nH]n3C1CC1)CCO2. The Hall–Kier alpha value is -3.36. The Morgan fingerprint density at radius 2 is 2.08 bits per heavy atom. The molecule has 3 heterocycles. The number of carbonyl (C=O) groups excluding carboxylic acids is 1. The molecule has 0 unspecified atom stereocenters. The van der Waals surface area contributed by atoms with Gasteiger partial charge in [0.1, 0.15) is 24.3 Å². The predicted molar refractivity (Wildman–Crippen MR) is 94.4 cm³/mol. The summed E-state index contributed by atoms with van der Waals surface area (Å²) in [7, 11) is 0. The topological polar surface area (TPSA) is 119 Å². The number of carbonyl (C=O) groups is 1. The average Bonchev–Trinajstić information content (AvgIpc) is 3.44. The Balaban J connectivity index is 1.61. The van der Waals surface area contributed by atoms with Crippen molar-refractivity contribution in [3.8, 4) is 5.88 Å². The summed E-state index contributed by atoms with van der Waals surface area (Å²) in [5.74, 6) is -0.0810. The van der Waals surface area contributed by atoms with Crippen LogP contribution in [-0.4, -0.2) is 38.8 Å². The Morgan fingerprint density at radius 1 is 1.23 bits per heavy atom. The number of benzene rings is 1. The standard InChI is InChI=1S/C17H16N6O3/c18-14-13-16(20-8-19-14)26-6-5-22(17(13)25)10-3-4-12-11(7-10)15(24)21-23(12)9-1-2-9/h3-4,7-9H,1-2,5-6H2,(H,21,24)(H2,18,19,20). The fraction of sp³-hybridized carbons (Fsp3) is 0.294. The van der Waals surface area contributed by atoms with Gasteiger partial charge in [-0.05, 0) is 31.0 Å². The average molecular weight is 352 g/mol. The van der Waals surface area contributed by atoms with Gasteiger partial charge in [0.2, 0.25) is 5.88 Å². The van der Waals surface area contributed by atoms with Crippen LogP contribution in [-0.2, 0) is 0 Å². The minimum atomic E-state index is -0.340. The van der Waals surface area contributed by atoms with E-state index in [0.717, 1.165) is 18.4 Å². The van der Waals surface area contributed by atoms with Crippen molar-refractivity contribution >= 4 is 28.3 Å². The van der Waals surface area contributed by atoms with Crippen LogP contribution in [0.3, 0.4) is 0 Å². The van der Waals surface area contributed by atoms with Gasteiger partial charge in [0, 0.05) is 5.69 Å². The number of hydrogen-bond acceptors (Lipinski definition) is 6. The van der Waals surface area contributed by atoms with Crippen molar-refractivity contribution in [2.75, 3.05) is 23.8 Å². The molecule has 0 atom stereocenters. The first kappa shape index (κ1) is 14.9. The van der Waals surface area contributed by atoms with Crippen LogP contribution in [0.25, 0.3) is 10.9 Å². The second-order valence-electron chi connectivity index (χ2n) is 6.49. The molecule has 9 heteroatoms. The number of anilines is 2. The van der Waals surface area contributed by atoms with Crippen molar-refractivity contribution in [2.45, 2.75) is 18.9 Å². The lowest BCUT2D eigenvalue weighted by atomic mass is 10.2. The van der Waals surface area contributed by atoms with Crippen molar-refractivity contribution in [3.63, 3.8) is 0 Å². The molecule has 2 aromatic heterocycles. The molecule has 3 N–H and O–H groups in total. The molecule has 1 fully saturated rings. The Kier molecular flexibility index (Phi) is 3.05. The monoisotopic (exact) mass is 352 g/mol. The molecule has 0 radical (unpaired) electrons. The zero-order valence-electron chi connectivity index (χ0n) is 13.8. The number of ether oxygens (including phenoxy) is 1. The molecule has 0 saturated heterocycles. The van der Waals surface area contributed by atoms with Crippen molar-refractivity contribution < 1.29 is 9.53 Å². The normalized spacial score (nSPS) is 17.1. The summed E-state index contributed by atoms with van der Waals surface area (Å²) < 4.78 is 7.45. The first-order chi connectivity index (χ1) is 12.6. The lowest BCUT2D eigenvalue weighted by Crippen LogP contribution is -2.32. The molecule has 5 rings (SSSR count). The minimum absolute atomic E-state index is 0.0747. The summed E-state index contributed by atoms with van der Waals surface area (Å²) in [6.45, 7) is 0.591. The summed E-state index contributed by atoms with van der Waals surface area (Å²) >= 11 is 0. The molecule has 1 amide bonds. The van der Waals surface area contributed by atoms with Crippen LogP contribution in [0.15, 0.2) is 29.3 Å². The van der Waals surface area contributed by atoms with Gasteiger partial charge in [0.05, 0.1) is 23.5 Å². The van der Waals surface area contributed by atoms with Crippen molar-refractivity contribution in [1.82, 2.24) is 19.7 Å². The molecule has 0 bridgehead atoms. The highest BCUT2D eigenvalue weighted by Crippen LogP contribution is 2.36. The molecule has 1 aromatic carbocycles. The van der Waals surface area contributed by atoms with Crippen LogP contribution in [0.2, 0.25) is 0 Å². The zero-order chi connectivity index (χ0) is 17.8. The van der Waals surface area contributed by atoms with E-state index in [1.54, 1.807) is 11.0 Å². The number of H-pyrrole nitrogens is 1. The third kappa shape index (κ3) is 2.17. The molecule has 1 aliphatic carbocycles. The smallest absolute Gasteiger partial charge is 0.272 e. The number of hydrogen-bond donors (Lipinski definition) is 2. The molecule has 0 spiro atoms. The molecule has 2 aliphatic rings. The first-order valence-corrected chi connectivity index (χ1v) is 8.43. The number of aromatic amines is 1. The summed E-state index contributed by atoms with van der Waals surface area (Å²) in [6.07, 6.45) is 3.41. The first-order valence-electron chi connectivity index (χ1n) is 8.43. The largest absolute Gasteiger partial charge is 0.475 e. The molecule has 26 heavy (non-hydrogen) atoms. The van der Waals surface area contributed by atoms with E-state index < -0.39 is 0 Å². The second kappa shape index (κ2) is 5.32. The number of amides is 1. The van der Waals surface area contributed by atoms with E-state index in [0.29, 0.717) is 23.7 Å². The van der Waals surface area contributed by atoms with Crippen LogP contribution in [0.4, 0.5) is 11.5 Å². The van der Waals surface area contributed by atoms with Crippen molar-refractivity contribution in [1.29, 1.82) is 0 Å². The summed E-state index contributed by atoms with van der Waals surface area (Å²) in [4.78, 5) is 34.7. The number of nitrogens with two attached hydrogens (primary N) is 1. The van der Waals surface area contributed by atoms with E-state index in [1.807, 2.05) is 16.8 Å². The van der Waals surface area contributed by atoms with E-state index in [-0.39, 0.29) is 35.3 Å². The van der Waals surface area contributed by atoms with E-state index in [2.05, 4.69) is 15.1 Å². The van der Waals surface area contributed by atoms with Crippen LogP contribution < -0.4 is 20.9 Å². The third-order valence-electron chi connectivity index (χ3n) is 4.78. The summed E-state index contributed by atoms with van der Waals surface area (Å²) in [5.41, 5.74) is 7.32. The third-order valence-corrected chi connectivity index (χ3v) is 4.78. The van der Waals surface area contributed by atoms with Gasteiger partial charge in [-0.25, -0.2) is 9.97 Å². The fourth-order valence-electron chi connectivity index (χ4n) is 3.34. The number of rotatable bonds is 2. The minimum Gasteiger partial charge on any atom is -0.475 e. The van der Waals surface area contributed by atoms with Crippen molar-refractivity contribution in [2.24, 2.45) is 0 Å². The fourth-order valence-corrected chi connectivity index (χ4v) is 3.34. The molecular formula is C17H16N6O3. The maximum atomic E-state index is 13.0. The molecular weight excluding hydrogens is 336 g/mol. The molecule has 9 nitrogen and oxygen atoms in total. The maximum Gasteiger partial charge on any atom is 0.272 e. The second-order valence-corrected chi connectivity index (χ2v) is 6.49. The van der Waals surface area contributed by atoms with E-state index >= 15 is 0 Å². The van der Waals surface area contributed by atoms with Gasteiger partial charge in [-0.3, -0.25) is 19.4 Å². The quantitative estimate of drug-likeness (QED) is 0.712. The van der Waals surface area contributed by atoms with Gasteiger partial charge in [-0.1, -0.05) is 0 Å². The van der Waals surface area contributed by atoms with Crippen molar-refractivity contribution in [3.05, 3.63) is 40.4 Å². The van der Waals surface area contributed by atoms with Gasteiger partial charge in [-0.15, -0.1) is 0 Å². The van der Waals surface area contributed by atoms with Gasteiger partial charge in [0.25, 0.3) is 11.5 Å².